The number of hydrogen-bond donors (Lipinski definition) is 2. The maximum Gasteiger partial charge on any atom is 0.508 e. The molecule has 1 aliphatic rings. The van der Waals surface area contributed by atoms with Crippen LogP contribution in [-0.4, -0.2) is 49.3 Å². The van der Waals surface area contributed by atoms with Crippen molar-refractivity contribution in [2.24, 2.45) is 0 Å². The number of aromatic nitrogens is 1. The second-order valence-electron chi connectivity index (χ2n) is 3.87. The third-order valence-electron chi connectivity index (χ3n) is 2.43. The molecule has 2 bridgehead atoms. The predicted octanol–water partition coefficient (Wildman–Crippen LogP) is -0.292. The van der Waals surface area contributed by atoms with Gasteiger partial charge in [0.25, 0.3) is 11.8 Å². The summed E-state index contributed by atoms with van der Waals surface area (Å²) in [6.45, 7) is 0.255. The average molecular weight is 279 g/mol. The summed E-state index contributed by atoms with van der Waals surface area (Å²) in [5, 5.41) is 5.03. The minimum absolute atomic E-state index is 0.00335. The minimum Gasteiger partial charge on any atom is -0.432 e. The molecular formula is C12H13N3O5. The van der Waals surface area contributed by atoms with Crippen molar-refractivity contribution in [1.82, 2.24) is 15.6 Å². The molecule has 0 saturated heterocycles. The van der Waals surface area contributed by atoms with Crippen LogP contribution >= 0.6 is 0 Å². The lowest BCUT2D eigenvalue weighted by Gasteiger charge is -2.10. The molecule has 0 unspecified atom stereocenters. The second-order valence-corrected chi connectivity index (χ2v) is 3.87. The molecule has 0 aromatic carbocycles. The molecule has 0 spiro atoms. The Kier molecular flexibility index (Phi) is 4.48. The molecule has 2 rings (SSSR count). The van der Waals surface area contributed by atoms with Gasteiger partial charge >= 0.3 is 6.16 Å². The largest absolute Gasteiger partial charge is 0.508 e. The standard InChI is InChI=1S/C12H13N3O5/c16-10-8-2-1-3-9(15-8)11(17)14-5-7-20-12(18)19-6-4-13-10/h1-3H,4-7H2,(H,13,16)(H,14,17). The lowest BCUT2D eigenvalue weighted by atomic mass is 10.2. The third-order valence-corrected chi connectivity index (χ3v) is 2.43. The fraction of sp³-hybridized carbons (Fsp3) is 0.333. The van der Waals surface area contributed by atoms with Crippen LogP contribution in [0.5, 0.6) is 0 Å². The van der Waals surface area contributed by atoms with Crippen molar-refractivity contribution in [3.8, 4) is 0 Å². The van der Waals surface area contributed by atoms with E-state index >= 15 is 0 Å². The number of cyclic esters (lactones) is 2. The van der Waals surface area contributed by atoms with Gasteiger partial charge in [-0.2, -0.15) is 0 Å². The number of rotatable bonds is 0. The summed E-state index contributed by atoms with van der Waals surface area (Å²) in [5.74, 6) is -0.901. The van der Waals surface area contributed by atoms with E-state index in [0.29, 0.717) is 0 Å². The van der Waals surface area contributed by atoms with E-state index in [9.17, 15) is 14.4 Å². The van der Waals surface area contributed by atoms with Crippen LogP contribution in [0, 0.1) is 0 Å². The van der Waals surface area contributed by atoms with Gasteiger partial charge in [0.2, 0.25) is 0 Å². The van der Waals surface area contributed by atoms with Gasteiger partial charge in [0.15, 0.2) is 0 Å². The molecule has 2 N–H and O–H groups in total. The van der Waals surface area contributed by atoms with Gasteiger partial charge < -0.3 is 20.1 Å². The Morgan fingerprint density at radius 1 is 0.900 bits per heavy atom. The average Bonchev–Trinajstić information content (AvgIpc) is 2.47. The predicted molar refractivity (Wildman–Crippen MR) is 66.2 cm³/mol. The SMILES string of the molecule is O=C1OCCNC(=O)c2cccc(n2)C(=O)NCCO1. The number of ether oxygens (including phenoxy) is 2. The number of nitrogens with zero attached hydrogens (tertiary/aromatic N) is 1. The molecule has 2 amide bonds. The van der Waals surface area contributed by atoms with Crippen LogP contribution in [0.2, 0.25) is 0 Å². The van der Waals surface area contributed by atoms with Crippen LogP contribution < -0.4 is 10.6 Å². The molecule has 0 saturated carbocycles. The molecule has 0 atom stereocenters. The number of carbonyl (C=O) groups excluding carboxylic acids is 3. The molecule has 0 radical (unpaired) electrons. The Bertz CT molecular complexity index is 490. The highest BCUT2D eigenvalue weighted by molar-refractivity contribution is 5.96. The summed E-state index contributed by atoms with van der Waals surface area (Å²) in [6, 6.07) is 4.55. The van der Waals surface area contributed by atoms with E-state index < -0.39 is 18.0 Å². The quantitative estimate of drug-likeness (QED) is 0.632. The smallest absolute Gasteiger partial charge is 0.432 e. The van der Waals surface area contributed by atoms with Crippen molar-refractivity contribution in [3.63, 3.8) is 0 Å². The lowest BCUT2D eigenvalue weighted by molar-refractivity contribution is 0.0545. The van der Waals surface area contributed by atoms with Crippen molar-refractivity contribution in [2.75, 3.05) is 26.3 Å². The third kappa shape index (κ3) is 3.67. The van der Waals surface area contributed by atoms with Crippen LogP contribution in [0.1, 0.15) is 21.0 Å². The normalized spacial score (nSPS) is 17.1. The maximum atomic E-state index is 11.8. The zero-order valence-electron chi connectivity index (χ0n) is 10.5. The Morgan fingerprint density at radius 3 is 1.90 bits per heavy atom. The summed E-state index contributed by atoms with van der Waals surface area (Å²) in [7, 11) is 0. The van der Waals surface area contributed by atoms with E-state index in [1.165, 1.54) is 12.1 Å². The van der Waals surface area contributed by atoms with E-state index in [2.05, 4.69) is 15.6 Å². The Balaban J connectivity index is 2.14. The molecule has 8 nitrogen and oxygen atoms in total. The van der Waals surface area contributed by atoms with E-state index in [1.807, 2.05) is 0 Å². The lowest BCUT2D eigenvalue weighted by Crippen LogP contribution is -2.32. The van der Waals surface area contributed by atoms with Gasteiger partial charge in [-0.25, -0.2) is 9.78 Å². The van der Waals surface area contributed by atoms with Gasteiger partial charge in [-0.05, 0) is 12.1 Å². The number of amides is 2. The van der Waals surface area contributed by atoms with E-state index in [1.54, 1.807) is 6.07 Å². The first kappa shape index (κ1) is 13.8. The summed E-state index contributed by atoms with van der Waals surface area (Å²) >= 11 is 0. The first-order valence-electron chi connectivity index (χ1n) is 6.00. The maximum absolute atomic E-state index is 11.8. The summed E-state index contributed by atoms with van der Waals surface area (Å²) in [6.07, 6.45) is -0.845. The second kappa shape index (κ2) is 6.50. The summed E-state index contributed by atoms with van der Waals surface area (Å²) in [5.41, 5.74) is 0.245. The fourth-order valence-corrected chi connectivity index (χ4v) is 1.51. The monoisotopic (exact) mass is 279 g/mol. The van der Waals surface area contributed by atoms with Crippen LogP contribution in [0.3, 0.4) is 0 Å². The van der Waals surface area contributed by atoms with Gasteiger partial charge in [-0.1, -0.05) is 6.07 Å². The molecule has 1 aliphatic heterocycles. The zero-order valence-corrected chi connectivity index (χ0v) is 10.5. The first-order chi connectivity index (χ1) is 9.66. The molecule has 2 heterocycles. The number of nitrogens with one attached hydrogen (secondary N) is 2. The molecule has 0 fully saturated rings. The van der Waals surface area contributed by atoms with Gasteiger partial charge in [-0.3, -0.25) is 9.59 Å². The molecule has 1 aromatic heterocycles. The van der Waals surface area contributed by atoms with Crippen molar-refractivity contribution >= 4 is 18.0 Å². The molecule has 0 aliphatic carbocycles. The highest BCUT2D eigenvalue weighted by Crippen LogP contribution is 2.00. The van der Waals surface area contributed by atoms with Gasteiger partial charge in [-0.15, -0.1) is 0 Å². The fourth-order valence-electron chi connectivity index (χ4n) is 1.51. The van der Waals surface area contributed by atoms with Gasteiger partial charge in [0.05, 0.1) is 13.1 Å². The highest BCUT2D eigenvalue weighted by Gasteiger charge is 2.13. The Hall–Kier alpha value is -2.64. The molecule has 106 valence electrons. The van der Waals surface area contributed by atoms with Crippen molar-refractivity contribution in [3.05, 3.63) is 29.6 Å². The summed E-state index contributed by atoms with van der Waals surface area (Å²) in [4.78, 5) is 38.6. The van der Waals surface area contributed by atoms with Crippen molar-refractivity contribution in [2.45, 2.75) is 0 Å². The number of pyridine rings is 1. The first-order valence-corrected chi connectivity index (χ1v) is 6.00. The van der Waals surface area contributed by atoms with Crippen LogP contribution in [0.25, 0.3) is 0 Å². The van der Waals surface area contributed by atoms with Crippen LogP contribution in [0.15, 0.2) is 18.2 Å². The highest BCUT2D eigenvalue weighted by atomic mass is 16.7. The van der Waals surface area contributed by atoms with Crippen LogP contribution in [0.4, 0.5) is 4.79 Å². The van der Waals surface area contributed by atoms with Crippen LogP contribution in [-0.2, 0) is 9.47 Å². The molecule has 20 heavy (non-hydrogen) atoms. The molecule has 1 aromatic rings. The minimum atomic E-state index is -0.845. The summed E-state index contributed by atoms with van der Waals surface area (Å²) < 4.78 is 9.42. The van der Waals surface area contributed by atoms with E-state index in [4.69, 9.17) is 9.47 Å². The van der Waals surface area contributed by atoms with Gasteiger partial charge in [0.1, 0.15) is 24.6 Å². The Labute approximate surface area is 114 Å². The van der Waals surface area contributed by atoms with Crippen molar-refractivity contribution < 1.29 is 23.9 Å². The van der Waals surface area contributed by atoms with E-state index in [0.717, 1.165) is 0 Å². The number of carbonyl (C=O) groups is 3. The van der Waals surface area contributed by atoms with Crippen molar-refractivity contribution in [1.29, 1.82) is 0 Å². The molecular weight excluding hydrogens is 266 g/mol. The zero-order chi connectivity index (χ0) is 14.4. The molecule has 8 heteroatoms. The topological polar surface area (TPSA) is 107 Å². The number of fused-ring (bicyclic) bond motifs is 2. The van der Waals surface area contributed by atoms with E-state index in [-0.39, 0.29) is 37.7 Å². The Morgan fingerprint density at radius 2 is 1.40 bits per heavy atom. The van der Waals surface area contributed by atoms with Gasteiger partial charge in [0, 0.05) is 0 Å². The number of hydrogen-bond acceptors (Lipinski definition) is 6.